The number of carbonyl (C=O) groups excluding carboxylic acids is 1. The molecule has 1 aliphatic rings. The first kappa shape index (κ1) is 12.6. The van der Waals surface area contributed by atoms with Crippen LogP contribution in [0.4, 0.5) is 5.69 Å². The summed E-state index contributed by atoms with van der Waals surface area (Å²) in [5.74, 6) is 0.0967. The fourth-order valence-electron chi connectivity index (χ4n) is 2.45. The van der Waals surface area contributed by atoms with Gasteiger partial charge in [0.2, 0.25) is 5.91 Å². The molecule has 0 bridgehead atoms. The van der Waals surface area contributed by atoms with E-state index in [1.54, 1.807) is 6.20 Å². The molecule has 2 aromatic rings. The van der Waals surface area contributed by atoms with Crippen LogP contribution in [0.15, 0.2) is 49.3 Å². The van der Waals surface area contributed by atoms with Crippen LogP contribution < -0.4 is 5.32 Å². The van der Waals surface area contributed by atoms with Gasteiger partial charge in [-0.05, 0) is 53.3 Å². The van der Waals surface area contributed by atoms with Gasteiger partial charge < -0.3 is 5.32 Å². The van der Waals surface area contributed by atoms with Crippen LogP contribution in [0.3, 0.4) is 0 Å². The van der Waals surface area contributed by atoms with E-state index in [1.807, 2.05) is 24.4 Å². The van der Waals surface area contributed by atoms with Gasteiger partial charge in [0.05, 0.1) is 0 Å². The van der Waals surface area contributed by atoms with Gasteiger partial charge in [0.15, 0.2) is 0 Å². The molecule has 0 atom stereocenters. The van der Waals surface area contributed by atoms with Crippen molar-refractivity contribution in [3.05, 3.63) is 66.0 Å². The van der Waals surface area contributed by atoms with E-state index in [2.05, 4.69) is 29.0 Å². The average Bonchev–Trinajstić information content (AvgIpc) is 2.47. The van der Waals surface area contributed by atoms with Crippen molar-refractivity contribution in [1.29, 1.82) is 0 Å². The predicted octanol–water partition coefficient (Wildman–Crippen LogP) is 3.22. The van der Waals surface area contributed by atoms with Gasteiger partial charge in [-0.15, -0.1) is 0 Å². The minimum absolute atomic E-state index is 0.0967. The number of hydrogen-bond donors (Lipinski definition) is 1. The Morgan fingerprint density at radius 2 is 2.20 bits per heavy atom. The Balaban J connectivity index is 1.81. The molecule has 1 N–H and O–H groups in total. The molecule has 1 aliphatic heterocycles. The number of fused-ring (bicyclic) bond motifs is 1. The fourth-order valence-corrected chi connectivity index (χ4v) is 2.45. The molecule has 0 spiro atoms. The molecule has 100 valence electrons. The third-order valence-electron chi connectivity index (χ3n) is 3.55. The first-order chi connectivity index (χ1) is 9.72. The zero-order valence-electron chi connectivity index (χ0n) is 11.2. The minimum Gasteiger partial charge on any atom is -0.326 e. The van der Waals surface area contributed by atoms with Crippen molar-refractivity contribution in [2.75, 3.05) is 5.32 Å². The van der Waals surface area contributed by atoms with Gasteiger partial charge >= 0.3 is 0 Å². The van der Waals surface area contributed by atoms with E-state index in [9.17, 15) is 4.79 Å². The van der Waals surface area contributed by atoms with Crippen molar-refractivity contribution in [2.45, 2.75) is 19.3 Å². The molecular weight excluding hydrogens is 248 g/mol. The van der Waals surface area contributed by atoms with Crippen molar-refractivity contribution < 1.29 is 4.79 Å². The summed E-state index contributed by atoms with van der Waals surface area (Å²) in [4.78, 5) is 15.5. The summed E-state index contributed by atoms with van der Waals surface area (Å²) < 4.78 is 0. The van der Waals surface area contributed by atoms with Crippen LogP contribution in [0.5, 0.6) is 0 Å². The molecule has 3 nitrogen and oxygen atoms in total. The third kappa shape index (κ3) is 2.62. The topological polar surface area (TPSA) is 42.0 Å². The highest BCUT2D eigenvalue weighted by Gasteiger charge is 2.15. The Morgan fingerprint density at radius 3 is 3.00 bits per heavy atom. The number of allylic oxidation sites excluding steroid dienone is 1. The minimum atomic E-state index is 0.0967. The Bertz CT molecular complexity index is 662. The van der Waals surface area contributed by atoms with Crippen molar-refractivity contribution in [1.82, 2.24) is 4.98 Å². The zero-order chi connectivity index (χ0) is 13.9. The van der Waals surface area contributed by atoms with Gasteiger partial charge in [-0.25, -0.2) is 0 Å². The molecule has 0 radical (unpaired) electrons. The molecule has 0 unspecified atom stereocenters. The van der Waals surface area contributed by atoms with Gasteiger partial charge in [-0.2, -0.15) is 0 Å². The first-order valence-electron chi connectivity index (χ1n) is 6.72. The monoisotopic (exact) mass is 264 g/mol. The van der Waals surface area contributed by atoms with Crippen LogP contribution in [0.25, 0.3) is 5.57 Å². The summed E-state index contributed by atoms with van der Waals surface area (Å²) in [5.41, 5.74) is 5.47. The van der Waals surface area contributed by atoms with E-state index in [1.165, 1.54) is 5.56 Å². The summed E-state index contributed by atoms with van der Waals surface area (Å²) >= 11 is 0. The zero-order valence-corrected chi connectivity index (χ0v) is 11.2. The summed E-state index contributed by atoms with van der Waals surface area (Å²) in [5, 5.41) is 2.90. The maximum absolute atomic E-state index is 11.4. The van der Waals surface area contributed by atoms with Crippen molar-refractivity contribution in [3.63, 3.8) is 0 Å². The van der Waals surface area contributed by atoms with E-state index in [4.69, 9.17) is 0 Å². The second-order valence-electron chi connectivity index (χ2n) is 5.06. The Kier molecular flexibility index (Phi) is 3.33. The van der Waals surface area contributed by atoms with Crippen LogP contribution in [0, 0.1) is 0 Å². The second kappa shape index (κ2) is 5.29. The number of nitrogens with zero attached hydrogens (tertiary/aromatic N) is 1. The Hall–Kier alpha value is -2.42. The van der Waals surface area contributed by atoms with E-state index >= 15 is 0 Å². The molecule has 1 amide bonds. The molecule has 3 rings (SSSR count). The Labute approximate surface area is 118 Å². The molecule has 0 saturated carbocycles. The number of aryl methyl sites for hydroxylation is 1. The van der Waals surface area contributed by atoms with Crippen molar-refractivity contribution in [3.8, 4) is 0 Å². The smallest absolute Gasteiger partial charge is 0.224 e. The van der Waals surface area contributed by atoms with Crippen LogP contribution in [-0.4, -0.2) is 10.9 Å². The molecule has 0 fully saturated rings. The summed E-state index contributed by atoms with van der Waals surface area (Å²) in [6.07, 6.45) is 5.79. The quantitative estimate of drug-likeness (QED) is 0.924. The summed E-state index contributed by atoms with van der Waals surface area (Å²) in [7, 11) is 0. The van der Waals surface area contributed by atoms with Gasteiger partial charge in [-0.3, -0.25) is 9.78 Å². The lowest BCUT2D eigenvalue weighted by atomic mass is 9.95. The second-order valence-corrected chi connectivity index (χ2v) is 5.06. The largest absolute Gasteiger partial charge is 0.326 e. The van der Waals surface area contributed by atoms with Gasteiger partial charge in [0.25, 0.3) is 0 Å². The molecule has 1 aromatic heterocycles. The lowest BCUT2D eigenvalue weighted by molar-refractivity contribution is -0.116. The van der Waals surface area contributed by atoms with Crippen LogP contribution in [0.1, 0.15) is 23.1 Å². The maximum atomic E-state index is 11.4. The molecule has 3 heteroatoms. The van der Waals surface area contributed by atoms with Crippen molar-refractivity contribution in [2.24, 2.45) is 0 Å². The van der Waals surface area contributed by atoms with E-state index in [0.717, 1.165) is 35.2 Å². The molecule has 20 heavy (non-hydrogen) atoms. The normalized spacial score (nSPS) is 13.5. The first-order valence-corrected chi connectivity index (χ1v) is 6.72. The fraction of sp³-hybridized carbons (Fsp3) is 0.176. The number of anilines is 1. The lowest BCUT2D eigenvalue weighted by Crippen LogP contribution is -2.18. The number of rotatable bonds is 3. The number of carbonyl (C=O) groups is 1. The number of aromatic nitrogens is 1. The van der Waals surface area contributed by atoms with E-state index < -0.39 is 0 Å². The molecule has 2 heterocycles. The highest BCUT2D eigenvalue weighted by Crippen LogP contribution is 2.27. The number of hydrogen-bond acceptors (Lipinski definition) is 2. The third-order valence-corrected chi connectivity index (χ3v) is 3.55. The van der Waals surface area contributed by atoms with Gasteiger partial charge in [0, 0.05) is 24.5 Å². The number of pyridine rings is 1. The van der Waals surface area contributed by atoms with Crippen molar-refractivity contribution >= 4 is 17.2 Å². The van der Waals surface area contributed by atoms with Crippen LogP contribution in [-0.2, 0) is 17.6 Å². The Morgan fingerprint density at radius 1 is 1.30 bits per heavy atom. The molecule has 0 saturated heterocycles. The molecule has 0 aliphatic carbocycles. The summed E-state index contributed by atoms with van der Waals surface area (Å²) in [6, 6.07) is 10.1. The average molecular weight is 264 g/mol. The number of benzene rings is 1. The highest BCUT2D eigenvalue weighted by atomic mass is 16.1. The standard InChI is InChI=1S/C17H16N2O/c1-12(9-13-3-2-8-18-11-13)14-4-6-16-15(10-14)5-7-17(20)19-16/h2-4,6,8,10-11H,1,5,7,9H2,(H,19,20). The molecular formula is C17H16N2O. The molecule has 1 aromatic carbocycles. The SMILES string of the molecule is C=C(Cc1cccnc1)c1ccc2c(c1)CCC(=O)N2. The highest BCUT2D eigenvalue weighted by molar-refractivity contribution is 5.94. The van der Waals surface area contributed by atoms with E-state index in [-0.39, 0.29) is 5.91 Å². The van der Waals surface area contributed by atoms with Gasteiger partial charge in [0.1, 0.15) is 0 Å². The summed E-state index contributed by atoms with van der Waals surface area (Å²) in [6.45, 7) is 4.17. The van der Waals surface area contributed by atoms with Crippen LogP contribution in [0.2, 0.25) is 0 Å². The number of amides is 1. The van der Waals surface area contributed by atoms with E-state index in [0.29, 0.717) is 6.42 Å². The predicted molar refractivity (Wildman–Crippen MR) is 80.4 cm³/mol. The van der Waals surface area contributed by atoms with Crippen LogP contribution >= 0.6 is 0 Å². The number of nitrogens with one attached hydrogen (secondary N) is 1. The maximum Gasteiger partial charge on any atom is 0.224 e. The lowest BCUT2D eigenvalue weighted by Gasteiger charge is -2.18. The van der Waals surface area contributed by atoms with Gasteiger partial charge in [-0.1, -0.05) is 18.7 Å².